The van der Waals surface area contributed by atoms with E-state index >= 15 is 0 Å². The molecule has 0 bridgehead atoms. The first-order chi connectivity index (χ1) is 12.1. The number of nitrogens with zero attached hydrogens (tertiary/aromatic N) is 5. The van der Waals surface area contributed by atoms with Gasteiger partial charge in [0, 0.05) is 25.5 Å². The van der Waals surface area contributed by atoms with Crippen LogP contribution in [0.3, 0.4) is 0 Å². The van der Waals surface area contributed by atoms with Crippen LogP contribution in [0, 0.1) is 0 Å². The van der Waals surface area contributed by atoms with Crippen LogP contribution in [-0.2, 0) is 16.6 Å². The minimum Gasteiger partial charge on any atom is -0.259 e. The summed E-state index contributed by atoms with van der Waals surface area (Å²) in [6.45, 7) is 1.28. The average molecular weight is 359 g/mol. The quantitative estimate of drug-likeness (QED) is 0.685. The molecule has 3 aromatic rings. The maximum Gasteiger partial charge on any atom is 0.350 e. The molecule has 4 heterocycles. The highest BCUT2D eigenvalue weighted by molar-refractivity contribution is 7.89. The summed E-state index contributed by atoms with van der Waals surface area (Å²) < 4.78 is 29.3. The fraction of sp³-hybridized carbons (Fsp3) is 0.312. The van der Waals surface area contributed by atoms with Crippen LogP contribution < -0.4 is 5.69 Å². The molecule has 0 amide bonds. The van der Waals surface area contributed by atoms with E-state index in [4.69, 9.17) is 0 Å². The number of rotatable bonds is 4. The summed E-state index contributed by atoms with van der Waals surface area (Å²) in [7, 11) is -3.57. The molecule has 1 saturated heterocycles. The first kappa shape index (κ1) is 16.0. The van der Waals surface area contributed by atoms with Crippen LogP contribution in [-0.4, -0.2) is 45.0 Å². The minimum atomic E-state index is -3.57. The van der Waals surface area contributed by atoms with Crippen molar-refractivity contribution in [2.24, 2.45) is 0 Å². The fourth-order valence-corrected chi connectivity index (χ4v) is 4.49. The zero-order chi connectivity index (χ0) is 17.4. The van der Waals surface area contributed by atoms with Gasteiger partial charge in [0.05, 0.1) is 17.1 Å². The summed E-state index contributed by atoms with van der Waals surface area (Å²) in [6.07, 6.45) is 4.73. The van der Waals surface area contributed by atoms with Crippen LogP contribution in [0.1, 0.15) is 18.5 Å². The zero-order valence-electron chi connectivity index (χ0n) is 13.4. The summed E-state index contributed by atoms with van der Waals surface area (Å²) in [5, 5.41) is 4.25. The van der Waals surface area contributed by atoms with Gasteiger partial charge in [0.2, 0.25) is 10.0 Å². The third-order valence-electron chi connectivity index (χ3n) is 4.29. The molecule has 0 spiro atoms. The van der Waals surface area contributed by atoms with E-state index in [1.165, 1.54) is 25.7 Å². The second-order valence-corrected chi connectivity index (χ2v) is 7.90. The number of sulfonamides is 1. The van der Waals surface area contributed by atoms with Gasteiger partial charge in [-0.05, 0) is 37.1 Å². The average Bonchev–Trinajstić information content (AvgIpc) is 3.26. The topological polar surface area (TPSA) is 89.6 Å². The summed E-state index contributed by atoms with van der Waals surface area (Å²) in [5.74, 6) is 0. The Bertz CT molecular complexity index is 1070. The highest BCUT2D eigenvalue weighted by atomic mass is 32.2. The smallest absolute Gasteiger partial charge is 0.259 e. The van der Waals surface area contributed by atoms with Crippen LogP contribution in [0.4, 0.5) is 0 Å². The Balaban J connectivity index is 1.74. The van der Waals surface area contributed by atoms with Crippen molar-refractivity contribution in [1.82, 2.24) is 23.5 Å². The molecular formula is C16H17N5O3S. The molecule has 4 rings (SSSR count). The molecule has 0 N–H and O–H groups in total. The number of aromatic nitrogens is 4. The molecule has 8 nitrogen and oxygen atoms in total. The van der Waals surface area contributed by atoms with Crippen molar-refractivity contribution >= 4 is 15.7 Å². The lowest BCUT2D eigenvalue weighted by Crippen LogP contribution is -2.28. The van der Waals surface area contributed by atoms with E-state index in [-0.39, 0.29) is 17.1 Å². The molecule has 0 unspecified atom stereocenters. The Kier molecular flexibility index (Phi) is 3.89. The maximum atomic E-state index is 12.7. The third-order valence-corrected chi connectivity index (χ3v) is 6.17. The van der Waals surface area contributed by atoms with Crippen LogP contribution in [0.2, 0.25) is 0 Å². The molecule has 9 heteroatoms. The molecule has 0 radical (unpaired) electrons. The maximum absolute atomic E-state index is 12.7. The molecule has 130 valence electrons. The Morgan fingerprint density at radius 3 is 2.60 bits per heavy atom. The summed E-state index contributed by atoms with van der Waals surface area (Å²) in [6, 6.07) is 8.49. The van der Waals surface area contributed by atoms with E-state index in [1.807, 2.05) is 6.07 Å². The van der Waals surface area contributed by atoms with Gasteiger partial charge in [-0.25, -0.2) is 22.3 Å². The van der Waals surface area contributed by atoms with E-state index in [0.717, 1.165) is 12.8 Å². The van der Waals surface area contributed by atoms with E-state index in [9.17, 15) is 13.2 Å². The van der Waals surface area contributed by atoms with Gasteiger partial charge in [-0.2, -0.15) is 4.31 Å². The van der Waals surface area contributed by atoms with E-state index in [2.05, 4.69) is 10.1 Å². The van der Waals surface area contributed by atoms with Gasteiger partial charge in [-0.3, -0.25) is 4.98 Å². The number of hydrogen-bond acceptors (Lipinski definition) is 5. The van der Waals surface area contributed by atoms with Gasteiger partial charge in [-0.15, -0.1) is 5.10 Å². The van der Waals surface area contributed by atoms with Crippen molar-refractivity contribution in [2.45, 2.75) is 24.3 Å². The monoisotopic (exact) mass is 359 g/mol. The SMILES string of the molecule is O=c1n(Cc2ccccn2)nc2ccc(S(=O)(=O)N3CCCC3)cn12. The molecule has 1 aliphatic rings. The predicted octanol–water partition coefficient (Wildman–Crippen LogP) is 0.724. The molecule has 25 heavy (non-hydrogen) atoms. The van der Waals surface area contributed by atoms with Crippen LogP contribution in [0.5, 0.6) is 0 Å². The minimum absolute atomic E-state index is 0.112. The number of pyridine rings is 2. The van der Waals surface area contributed by atoms with Crippen LogP contribution >= 0.6 is 0 Å². The van der Waals surface area contributed by atoms with Crippen LogP contribution in [0.25, 0.3) is 5.65 Å². The highest BCUT2D eigenvalue weighted by Crippen LogP contribution is 2.20. The summed E-state index contributed by atoms with van der Waals surface area (Å²) in [4.78, 5) is 16.9. The molecule has 0 aliphatic carbocycles. The Hall–Kier alpha value is -2.52. The fourth-order valence-electron chi connectivity index (χ4n) is 2.98. The first-order valence-corrected chi connectivity index (χ1v) is 9.49. The number of hydrogen-bond donors (Lipinski definition) is 0. The Labute approximate surface area is 144 Å². The normalized spacial score (nSPS) is 15.8. The van der Waals surface area contributed by atoms with Gasteiger partial charge in [0.1, 0.15) is 0 Å². The van der Waals surface area contributed by atoms with Crippen molar-refractivity contribution in [3.8, 4) is 0 Å². The summed E-state index contributed by atoms with van der Waals surface area (Å²) in [5.41, 5.74) is 0.721. The lowest BCUT2D eigenvalue weighted by Gasteiger charge is -2.15. The van der Waals surface area contributed by atoms with Crippen molar-refractivity contribution in [3.05, 3.63) is 58.9 Å². The molecule has 0 aromatic carbocycles. The van der Waals surface area contributed by atoms with Gasteiger partial charge >= 0.3 is 5.69 Å². The largest absolute Gasteiger partial charge is 0.350 e. The van der Waals surface area contributed by atoms with Gasteiger partial charge in [-0.1, -0.05) is 6.07 Å². The molecule has 0 atom stereocenters. The van der Waals surface area contributed by atoms with Crippen LogP contribution in [0.15, 0.2) is 52.4 Å². The zero-order valence-corrected chi connectivity index (χ0v) is 14.3. The second-order valence-electron chi connectivity index (χ2n) is 5.97. The predicted molar refractivity (Wildman–Crippen MR) is 90.8 cm³/mol. The van der Waals surface area contributed by atoms with Crippen molar-refractivity contribution in [1.29, 1.82) is 0 Å². The first-order valence-electron chi connectivity index (χ1n) is 8.05. The number of fused-ring (bicyclic) bond motifs is 1. The molecule has 0 saturated carbocycles. The van der Waals surface area contributed by atoms with E-state index < -0.39 is 10.0 Å². The highest BCUT2D eigenvalue weighted by Gasteiger charge is 2.27. The molecular weight excluding hydrogens is 342 g/mol. The lowest BCUT2D eigenvalue weighted by atomic mass is 10.3. The molecule has 1 aliphatic heterocycles. The van der Waals surface area contributed by atoms with Gasteiger partial charge < -0.3 is 0 Å². The van der Waals surface area contributed by atoms with Crippen molar-refractivity contribution < 1.29 is 8.42 Å². The third kappa shape index (κ3) is 2.85. The standard InChI is InChI=1S/C16H17N5O3S/c22-16-20-12-14(25(23,24)19-9-3-4-10-19)6-7-15(20)18-21(16)11-13-5-1-2-8-17-13/h1-2,5-8,12H,3-4,9-11H2. The summed E-state index contributed by atoms with van der Waals surface area (Å²) >= 11 is 0. The van der Waals surface area contributed by atoms with Gasteiger partial charge in [0.25, 0.3) is 0 Å². The molecule has 1 fully saturated rings. The van der Waals surface area contributed by atoms with Crippen molar-refractivity contribution in [2.75, 3.05) is 13.1 Å². The van der Waals surface area contributed by atoms with Gasteiger partial charge in [0.15, 0.2) is 5.65 Å². The Morgan fingerprint density at radius 2 is 1.88 bits per heavy atom. The van der Waals surface area contributed by atoms with E-state index in [1.54, 1.807) is 24.4 Å². The second kappa shape index (κ2) is 6.08. The van der Waals surface area contributed by atoms with Crippen molar-refractivity contribution in [3.63, 3.8) is 0 Å². The lowest BCUT2D eigenvalue weighted by molar-refractivity contribution is 0.477. The molecule has 3 aromatic heterocycles. The van der Waals surface area contributed by atoms with E-state index in [0.29, 0.717) is 24.4 Å². The Morgan fingerprint density at radius 1 is 1.08 bits per heavy atom.